The molecule has 12 heteroatoms. The number of nitrogens with zero attached hydrogens (tertiary/aromatic N) is 3. The number of halogens is 3. The first-order valence-corrected chi connectivity index (χ1v) is 11.3. The Kier molecular flexibility index (Phi) is 7.25. The Morgan fingerprint density at radius 2 is 1.88 bits per heavy atom. The Hall–Kier alpha value is -2.44. The molecule has 1 aliphatic rings. The van der Waals surface area contributed by atoms with Gasteiger partial charge in [-0.1, -0.05) is 0 Å². The van der Waals surface area contributed by atoms with Crippen molar-refractivity contribution in [2.45, 2.75) is 19.1 Å². The fourth-order valence-electron chi connectivity index (χ4n) is 3.59. The summed E-state index contributed by atoms with van der Waals surface area (Å²) >= 11 is 0. The van der Waals surface area contributed by atoms with E-state index in [1.54, 1.807) is 21.0 Å². The van der Waals surface area contributed by atoms with Crippen LogP contribution in [0, 0.1) is 6.92 Å². The van der Waals surface area contributed by atoms with Crippen LogP contribution >= 0.6 is 0 Å². The summed E-state index contributed by atoms with van der Waals surface area (Å²) < 4.78 is 55.7. The molecule has 1 saturated heterocycles. The highest BCUT2D eigenvalue weighted by molar-refractivity contribution is 7.82. The fraction of sp³-hybridized carbons (Fsp3) is 0.500. The predicted molar refractivity (Wildman–Crippen MR) is 118 cm³/mol. The Morgan fingerprint density at radius 1 is 1.16 bits per heavy atom. The molecule has 32 heavy (non-hydrogen) atoms. The molecule has 176 valence electrons. The Labute approximate surface area is 185 Å². The lowest BCUT2D eigenvalue weighted by Gasteiger charge is -2.42. The largest absolute Gasteiger partial charge is 0.410 e. The molecule has 0 spiro atoms. The maximum Gasteiger partial charge on any atom is 0.410 e. The lowest BCUT2D eigenvalue weighted by Crippen LogP contribution is -2.60. The van der Waals surface area contributed by atoms with Gasteiger partial charge in [-0.3, -0.25) is 9.59 Å². The molecule has 3 rings (SSSR count). The molecule has 1 fully saturated rings. The molecular formula is C20H26F3N5O3S. The van der Waals surface area contributed by atoms with E-state index in [0.29, 0.717) is 23.2 Å². The van der Waals surface area contributed by atoms with E-state index in [2.05, 4.69) is 9.97 Å². The van der Waals surface area contributed by atoms with Crippen molar-refractivity contribution < 1.29 is 17.4 Å². The Balaban J connectivity index is 1.93. The first-order chi connectivity index (χ1) is 15.0. The smallest absolute Gasteiger partial charge is 0.344 e. The van der Waals surface area contributed by atoms with Crippen molar-refractivity contribution >= 4 is 16.8 Å². The molecule has 0 aromatic carbocycles. The Bertz CT molecular complexity index is 1100. The van der Waals surface area contributed by atoms with E-state index < -0.39 is 35.3 Å². The molecule has 1 aliphatic heterocycles. The van der Waals surface area contributed by atoms with Crippen molar-refractivity contribution in [3.63, 3.8) is 0 Å². The summed E-state index contributed by atoms with van der Waals surface area (Å²) in [6.07, 6.45) is -3.12. The van der Waals surface area contributed by atoms with Crippen molar-refractivity contribution in [2.24, 2.45) is 0 Å². The molecule has 2 aromatic rings. The lowest BCUT2D eigenvalue weighted by atomic mass is 10.0. The van der Waals surface area contributed by atoms with Crippen LogP contribution < -0.4 is 16.0 Å². The number of H-pyrrole nitrogens is 2. The van der Waals surface area contributed by atoms with Crippen molar-refractivity contribution in [3.05, 3.63) is 50.7 Å². The molecule has 0 amide bonds. The zero-order valence-electron chi connectivity index (χ0n) is 18.0. The summed E-state index contributed by atoms with van der Waals surface area (Å²) in [7, 11) is 2.07. The maximum atomic E-state index is 14.0. The van der Waals surface area contributed by atoms with E-state index >= 15 is 0 Å². The minimum absolute atomic E-state index is 0.00762. The van der Waals surface area contributed by atoms with Gasteiger partial charge >= 0.3 is 6.18 Å². The summed E-state index contributed by atoms with van der Waals surface area (Å²) in [5.74, 6) is 0.249. The highest BCUT2D eigenvalue weighted by Gasteiger charge is 2.47. The number of rotatable bonds is 6. The summed E-state index contributed by atoms with van der Waals surface area (Å²) in [6.45, 7) is 1.84. The molecule has 3 heterocycles. The van der Waals surface area contributed by atoms with Gasteiger partial charge in [0.25, 0.3) is 0 Å². The maximum absolute atomic E-state index is 14.0. The fourth-order valence-corrected chi connectivity index (χ4v) is 4.97. The van der Waals surface area contributed by atoms with Gasteiger partial charge in [0, 0.05) is 44.5 Å². The van der Waals surface area contributed by atoms with Crippen LogP contribution in [0.5, 0.6) is 0 Å². The molecule has 0 radical (unpaired) electrons. The number of anilines is 1. The number of aryl methyl sites for hydroxylation is 1. The summed E-state index contributed by atoms with van der Waals surface area (Å²) in [5.41, 5.74) is 0.539. The second-order valence-electron chi connectivity index (χ2n) is 7.98. The van der Waals surface area contributed by atoms with Crippen LogP contribution in [0.2, 0.25) is 0 Å². The minimum Gasteiger partial charge on any atom is -0.344 e. The van der Waals surface area contributed by atoms with Crippen LogP contribution in [0.25, 0.3) is 11.1 Å². The number of hydrogen-bond donors (Lipinski definition) is 2. The van der Waals surface area contributed by atoms with Crippen LogP contribution in [0.15, 0.2) is 34.0 Å². The van der Waals surface area contributed by atoms with E-state index in [0.717, 1.165) is 4.90 Å². The summed E-state index contributed by atoms with van der Waals surface area (Å²) in [4.78, 5) is 31.9. The molecule has 2 aromatic heterocycles. The quantitative estimate of drug-likeness (QED) is 0.660. The van der Waals surface area contributed by atoms with Gasteiger partial charge in [-0.2, -0.15) is 13.2 Å². The average Bonchev–Trinajstić information content (AvgIpc) is 2.72. The minimum atomic E-state index is -4.60. The molecule has 0 aliphatic carbocycles. The third kappa shape index (κ3) is 5.67. The van der Waals surface area contributed by atoms with Crippen molar-refractivity contribution in [1.82, 2.24) is 19.2 Å². The van der Waals surface area contributed by atoms with Gasteiger partial charge in [0.2, 0.25) is 11.1 Å². The molecule has 0 bridgehead atoms. The highest BCUT2D eigenvalue weighted by Crippen LogP contribution is 2.32. The van der Waals surface area contributed by atoms with Crippen molar-refractivity contribution in [2.75, 3.05) is 50.9 Å². The van der Waals surface area contributed by atoms with Gasteiger partial charge in [-0.15, -0.1) is 0 Å². The van der Waals surface area contributed by atoms with Crippen LogP contribution in [0.4, 0.5) is 19.0 Å². The zero-order valence-corrected chi connectivity index (χ0v) is 18.8. The van der Waals surface area contributed by atoms with Crippen LogP contribution in [0.3, 0.4) is 0 Å². The van der Waals surface area contributed by atoms with E-state index in [1.165, 1.54) is 28.7 Å². The summed E-state index contributed by atoms with van der Waals surface area (Å²) in [6, 6.07) is 2.06. The number of aromatic nitrogens is 2. The first-order valence-electron chi connectivity index (χ1n) is 10.0. The van der Waals surface area contributed by atoms with Gasteiger partial charge in [0.05, 0.1) is 16.7 Å². The summed E-state index contributed by atoms with van der Waals surface area (Å²) in [5, 5.41) is 0. The van der Waals surface area contributed by atoms with Crippen molar-refractivity contribution in [3.8, 4) is 11.1 Å². The normalized spacial score (nSPS) is 18.8. The SMILES string of the molecule is Cc1c[nH]c(=O)cc1-c1cc(N2CCN(S(=O)CCN(C)C)CC2C(F)(F)F)[nH]c(=O)c1. The van der Waals surface area contributed by atoms with Crippen LogP contribution in [-0.2, 0) is 11.0 Å². The van der Waals surface area contributed by atoms with E-state index in [9.17, 15) is 27.0 Å². The highest BCUT2D eigenvalue weighted by atomic mass is 32.2. The standard InChI is InChI=1S/C20H26F3N5O3S/c1-13-11-24-18(29)10-15(13)14-8-17(25-19(30)9-14)28-5-4-27(12-16(28)20(21,22)23)32(31)7-6-26(2)3/h8-11,16H,4-7,12H2,1-3H3,(H,24,29)(H,25,30). The number of alkyl halides is 3. The Morgan fingerprint density at radius 3 is 2.53 bits per heavy atom. The second kappa shape index (κ2) is 9.59. The predicted octanol–water partition coefficient (Wildman–Crippen LogP) is 1.32. The van der Waals surface area contributed by atoms with Crippen LogP contribution in [-0.4, -0.2) is 81.6 Å². The third-order valence-electron chi connectivity index (χ3n) is 5.30. The second-order valence-corrected chi connectivity index (χ2v) is 9.55. The van der Waals surface area contributed by atoms with E-state index in [-0.39, 0.29) is 30.2 Å². The monoisotopic (exact) mass is 473 g/mol. The number of pyridine rings is 2. The average molecular weight is 474 g/mol. The molecular weight excluding hydrogens is 447 g/mol. The molecule has 2 atom stereocenters. The number of nitrogens with one attached hydrogen (secondary N) is 2. The van der Waals surface area contributed by atoms with Gasteiger partial charge in [-0.25, -0.2) is 8.51 Å². The van der Waals surface area contributed by atoms with E-state index in [4.69, 9.17) is 0 Å². The number of aromatic amines is 2. The molecule has 8 nitrogen and oxygen atoms in total. The number of piperazine rings is 1. The van der Waals surface area contributed by atoms with Gasteiger partial charge in [0.15, 0.2) is 0 Å². The van der Waals surface area contributed by atoms with Crippen molar-refractivity contribution in [1.29, 1.82) is 0 Å². The molecule has 0 saturated carbocycles. The molecule has 2 unspecified atom stereocenters. The van der Waals surface area contributed by atoms with Crippen LogP contribution in [0.1, 0.15) is 5.56 Å². The zero-order chi connectivity index (χ0) is 23.6. The van der Waals surface area contributed by atoms with Gasteiger partial charge in [-0.05, 0) is 43.8 Å². The van der Waals surface area contributed by atoms with Gasteiger partial charge < -0.3 is 19.8 Å². The first kappa shape index (κ1) is 24.2. The van der Waals surface area contributed by atoms with Gasteiger partial charge in [0.1, 0.15) is 11.9 Å². The topological polar surface area (TPSA) is 92.5 Å². The lowest BCUT2D eigenvalue weighted by molar-refractivity contribution is -0.153. The van der Waals surface area contributed by atoms with E-state index in [1.807, 2.05) is 4.90 Å². The molecule has 2 N–H and O–H groups in total. The number of hydrogen-bond acceptors (Lipinski definition) is 5. The third-order valence-corrected chi connectivity index (χ3v) is 6.74.